The van der Waals surface area contributed by atoms with Crippen molar-refractivity contribution >= 4 is 46.0 Å². The van der Waals surface area contributed by atoms with E-state index >= 15 is 0 Å². The first-order chi connectivity index (χ1) is 17.2. The number of aliphatic hydroxyl groups excluding tert-OH is 1. The van der Waals surface area contributed by atoms with Crippen molar-refractivity contribution in [1.82, 2.24) is 4.90 Å². The van der Waals surface area contributed by atoms with E-state index in [0.717, 1.165) is 17.2 Å². The van der Waals surface area contributed by atoms with E-state index in [4.69, 9.17) is 4.74 Å². The molecule has 3 unspecified atom stereocenters. The van der Waals surface area contributed by atoms with Crippen LogP contribution in [0.2, 0.25) is 0 Å². The van der Waals surface area contributed by atoms with Crippen LogP contribution in [0.3, 0.4) is 0 Å². The summed E-state index contributed by atoms with van der Waals surface area (Å²) in [6.07, 6.45) is 0.747. The minimum atomic E-state index is -0.801. The van der Waals surface area contributed by atoms with Crippen LogP contribution >= 0.6 is 11.8 Å². The van der Waals surface area contributed by atoms with Crippen LogP contribution in [0.25, 0.3) is 10.8 Å². The number of ether oxygens (including phenoxy) is 1. The Hall–Kier alpha value is -2.58. The number of rotatable bonds is 7. The Morgan fingerprint density at radius 3 is 2.61 bits per heavy atom. The number of fused-ring (bicyclic) bond motifs is 2. The Morgan fingerprint density at radius 2 is 1.94 bits per heavy atom. The SMILES string of the molecule is CCOC(=O)[C@@H]1[C@H]2C(=O)N([C@@H](CO)C(C)C)C(C(=O)Nc3ccc4ccccc4c3)C23S[C@@H]1CC3C. The molecule has 7 nitrogen and oxygen atoms in total. The maximum Gasteiger partial charge on any atom is 0.310 e. The second kappa shape index (κ2) is 9.38. The van der Waals surface area contributed by atoms with E-state index in [1.54, 1.807) is 23.6 Å². The largest absolute Gasteiger partial charge is 0.466 e. The van der Waals surface area contributed by atoms with Crippen molar-refractivity contribution in [2.75, 3.05) is 18.5 Å². The van der Waals surface area contributed by atoms with E-state index in [2.05, 4.69) is 12.2 Å². The number of thioether (sulfide) groups is 1. The van der Waals surface area contributed by atoms with Crippen LogP contribution in [0.15, 0.2) is 42.5 Å². The molecule has 3 aliphatic rings. The summed E-state index contributed by atoms with van der Waals surface area (Å²) >= 11 is 1.61. The lowest BCUT2D eigenvalue weighted by Gasteiger charge is -2.40. The summed E-state index contributed by atoms with van der Waals surface area (Å²) in [5.74, 6) is -2.09. The molecular weight excluding hydrogens is 476 g/mol. The van der Waals surface area contributed by atoms with Gasteiger partial charge in [-0.3, -0.25) is 14.4 Å². The number of carbonyl (C=O) groups is 3. The summed E-state index contributed by atoms with van der Waals surface area (Å²) < 4.78 is 4.65. The van der Waals surface area contributed by atoms with Crippen LogP contribution in [0.5, 0.6) is 0 Å². The third kappa shape index (κ3) is 3.64. The molecule has 5 rings (SSSR count). The number of amides is 2. The first-order valence-corrected chi connectivity index (χ1v) is 13.7. The van der Waals surface area contributed by atoms with Gasteiger partial charge in [-0.05, 0) is 48.1 Å². The Balaban J connectivity index is 1.57. The Labute approximate surface area is 215 Å². The minimum Gasteiger partial charge on any atom is -0.466 e. The van der Waals surface area contributed by atoms with Gasteiger partial charge in [-0.15, -0.1) is 11.8 Å². The molecule has 0 saturated carbocycles. The average Bonchev–Trinajstić information content (AvgIpc) is 3.43. The number of esters is 1. The molecular formula is C28H34N2O5S. The molecule has 0 aliphatic carbocycles. The maximum atomic E-state index is 14.1. The van der Waals surface area contributed by atoms with E-state index < -0.39 is 28.7 Å². The zero-order valence-corrected chi connectivity index (χ0v) is 22.0. The molecule has 3 heterocycles. The molecule has 1 spiro atoms. The monoisotopic (exact) mass is 510 g/mol. The van der Waals surface area contributed by atoms with Crippen LogP contribution < -0.4 is 5.32 Å². The second-order valence-electron chi connectivity index (χ2n) is 10.6. The summed E-state index contributed by atoms with van der Waals surface area (Å²) in [6, 6.07) is 12.4. The van der Waals surface area contributed by atoms with Crippen molar-refractivity contribution in [3.63, 3.8) is 0 Å². The van der Waals surface area contributed by atoms with Crippen molar-refractivity contribution in [3.05, 3.63) is 42.5 Å². The number of hydrogen-bond acceptors (Lipinski definition) is 6. The second-order valence-corrected chi connectivity index (χ2v) is 12.1. The highest BCUT2D eigenvalue weighted by atomic mass is 32.2. The molecule has 3 aliphatic heterocycles. The smallest absolute Gasteiger partial charge is 0.310 e. The molecule has 0 aromatic heterocycles. The third-order valence-electron chi connectivity index (χ3n) is 8.32. The van der Waals surface area contributed by atoms with Gasteiger partial charge in [-0.2, -0.15) is 0 Å². The number of anilines is 1. The lowest BCUT2D eigenvalue weighted by atomic mass is 9.66. The van der Waals surface area contributed by atoms with Gasteiger partial charge in [0.1, 0.15) is 6.04 Å². The first kappa shape index (κ1) is 25.1. The summed E-state index contributed by atoms with van der Waals surface area (Å²) in [5.41, 5.74) is 0.656. The zero-order chi connectivity index (χ0) is 25.8. The van der Waals surface area contributed by atoms with Gasteiger partial charge >= 0.3 is 5.97 Å². The van der Waals surface area contributed by atoms with E-state index in [0.29, 0.717) is 5.69 Å². The van der Waals surface area contributed by atoms with Crippen molar-refractivity contribution in [1.29, 1.82) is 0 Å². The molecule has 2 aromatic carbocycles. The number of benzene rings is 2. The van der Waals surface area contributed by atoms with Crippen molar-refractivity contribution in [2.45, 2.75) is 56.2 Å². The van der Waals surface area contributed by atoms with Crippen molar-refractivity contribution < 1.29 is 24.2 Å². The predicted octanol–water partition coefficient (Wildman–Crippen LogP) is 3.70. The standard InChI is InChI=1S/C28H34N2O5S/c1-5-35-27(34)22-21-12-16(4)28(36-21)23(22)26(33)30(20(14-31)15(2)3)24(28)25(32)29-19-11-10-17-8-6-7-9-18(17)13-19/h6-11,13,15-16,20-24,31H,5,12,14H2,1-4H3,(H,29,32)/t16?,20-,21+,22-,23-,24?,28?/m0/s1. The number of carbonyl (C=O) groups excluding carboxylic acids is 3. The zero-order valence-electron chi connectivity index (χ0n) is 21.1. The number of likely N-dealkylation sites (tertiary alicyclic amines) is 1. The van der Waals surface area contributed by atoms with Gasteiger partial charge in [0, 0.05) is 10.9 Å². The lowest BCUT2D eigenvalue weighted by molar-refractivity contribution is -0.154. The van der Waals surface area contributed by atoms with E-state index in [1.807, 2.05) is 56.3 Å². The molecule has 7 atom stereocenters. The van der Waals surface area contributed by atoms with Gasteiger partial charge in [0.05, 0.1) is 35.8 Å². The van der Waals surface area contributed by atoms with Gasteiger partial charge < -0.3 is 20.1 Å². The molecule has 2 aromatic rings. The predicted molar refractivity (Wildman–Crippen MR) is 140 cm³/mol. The van der Waals surface area contributed by atoms with Crippen LogP contribution in [-0.2, 0) is 19.1 Å². The lowest BCUT2D eigenvalue weighted by Crippen LogP contribution is -2.57. The fourth-order valence-corrected chi connectivity index (χ4v) is 9.12. The van der Waals surface area contributed by atoms with Gasteiger partial charge in [0.2, 0.25) is 11.8 Å². The molecule has 36 heavy (non-hydrogen) atoms. The highest BCUT2D eigenvalue weighted by molar-refractivity contribution is 8.02. The van der Waals surface area contributed by atoms with Gasteiger partial charge in [-0.1, -0.05) is 51.1 Å². The van der Waals surface area contributed by atoms with E-state index in [1.165, 1.54) is 0 Å². The molecule has 8 heteroatoms. The molecule has 192 valence electrons. The normalized spacial score (nSPS) is 31.7. The van der Waals surface area contributed by atoms with Crippen LogP contribution in [0, 0.1) is 23.7 Å². The minimum absolute atomic E-state index is 0.0518. The Morgan fingerprint density at radius 1 is 1.22 bits per heavy atom. The first-order valence-electron chi connectivity index (χ1n) is 12.8. The Kier molecular flexibility index (Phi) is 6.53. The molecule has 3 saturated heterocycles. The topological polar surface area (TPSA) is 95.9 Å². The highest BCUT2D eigenvalue weighted by Gasteiger charge is 2.77. The summed E-state index contributed by atoms with van der Waals surface area (Å²) in [6.45, 7) is 7.72. The number of nitrogens with one attached hydrogen (secondary N) is 1. The van der Waals surface area contributed by atoms with Crippen molar-refractivity contribution in [2.24, 2.45) is 23.7 Å². The van der Waals surface area contributed by atoms with E-state index in [9.17, 15) is 19.5 Å². The summed E-state index contributed by atoms with van der Waals surface area (Å²) in [4.78, 5) is 42.8. The maximum absolute atomic E-state index is 14.1. The molecule has 3 fully saturated rings. The van der Waals surface area contributed by atoms with Crippen LogP contribution in [0.1, 0.15) is 34.1 Å². The Bertz CT molecular complexity index is 1200. The average molecular weight is 511 g/mol. The molecule has 2 bridgehead atoms. The summed E-state index contributed by atoms with van der Waals surface area (Å²) in [7, 11) is 0. The molecule has 0 radical (unpaired) electrons. The fourth-order valence-electron chi connectivity index (χ4n) is 6.72. The van der Waals surface area contributed by atoms with Gasteiger partial charge in [0.15, 0.2) is 0 Å². The number of aliphatic hydroxyl groups is 1. The quantitative estimate of drug-likeness (QED) is 0.552. The number of nitrogens with zero attached hydrogens (tertiary/aromatic N) is 1. The molecule has 2 amide bonds. The van der Waals surface area contributed by atoms with Gasteiger partial charge in [0.25, 0.3) is 0 Å². The number of hydrogen-bond donors (Lipinski definition) is 2. The van der Waals surface area contributed by atoms with Crippen LogP contribution in [-0.4, -0.2) is 63.1 Å². The highest BCUT2D eigenvalue weighted by Crippen LogP contribution is 2.69. The summed E-state index contributed by atoms with van der Waals surface area (Å²) in [5, 5.41) is 15.4. The van der Waals surface area contributed by atoms with Gasteiger partial charge in [-0.25, -0.2) is 0 Å². The molecule has 2 N–H and O–H groups in total. The third-order valence-corrected chi connectivity index (χ3v) is 10.4. The van der Waals surface area contributed by atoms with Crippen LogP contribution in [0.4, 0.5) is 5.69 Å². The fraction of sp³-hybridized carbons (Fsp3) is 0.536. The van der Waals surface area contributed by atoms with E-state index in [-0.39, 0.29) is 48.1 Å². The van der Waals surface area contributed by atoms with Crippen molar-refractivity contribution in [3.8, 4) is 0 Å².